The van der Waals surface area contributed by atoms with Gasteiger partial charge in [0.1, 0.15) is 0 Å². The second kappa shape index (κ2) is 4.11. The van der Waals surface area contributed by atoms with Crippen LogP contribution in [0.1, 0.15) is 0 Å². The summed E-state index contributed by atoms with van der Waals surface area (Å²) in [5.74, 6) is -0.502. The van der Waals surface area contributed by atoms with E-state index in [9.17, 15) is 8.42 Å². The standard InChI is InChI=1S/C9H10N2O2S/c1-11(14(12,13)8-7-10)9-5-3-2-4-6-9/h2-6H,8H2,1H3. The first-order chi connectivity index (χ1) is 6.58. The van der Waals surface area contributed by atoms with E-state index < -0.39 is 15.8 Å². The molecule has 0 atom stereocenters. The molecule has 1 aromatic carbocycles. The number of nitriles is 1. The highest BCUT2D eigenvalue weighted by atomic mass is 32.2. The van der Waals surface area contributed by atoms with Crippen LogP contribution in [0.15, 0.2) is 30.3 Å². The molecule has 0 aromatic heterocycles. The van der Waals surface area contributed by atoms with Gasteiger partial charge in [0.25, 0.3) is 0 Å². The molecule has 0 aliphatic carbocycles. The van der Waals surface area contributed by atoms with Crippen molar-refractivity contribution in [2.45, 2.75) is 0 Å². The molecule has 0 spiro atoms. The van der Waals surface area contributed by atoms with Gasteiger partial charge < -0.3 is 0 Å². The van der Waals surface area contributed by atoms with Gasteiger partial charge in [0.2, 0.25) is 10.0 Å². The van der Waals surface area contributed by atoms with E-state index in [0.29, 0.717) is 5.69 Å². The molecule has 0 heterocycles. The van der Waals surface area contributed by atoms with Crippen molar-refractivity contribution in [1.29, 1.82) is 5.26 Å². The SMILES string of the molecule is CN(c1ccccc1)S(=O)(=O)CC#N. The third-order valence-electron chi connectivity index (χ3n) is 1.78. The molecule has 74 valence electrons. The Bertz CT molecular complexity index is 434. The van der Waals surface area contributed by atoms with Crippen LogP contribution in [0.25, 0.3) is 0 Å². The minimum atomic E-state index is -3.49. The van der Waals surface area contributed by atoms with Gasteiger partial charge in [-0.2, -0.15) is 5.26 Å². The zero-order chi connectivity index (χ0) is 10.6. The topological polar surface area (TPSA) is 61.2 Å². The maximum Gasteiger partial charge on any atom is 0.248 e. The summed E-state index contributed by atoms with van der Waals surface area (Å²) in [5, 5.41) is 8.34. The molecular formula is C9H10N2O2S. The lowest BCUT2D eigenvalue weighted by Gasteiger charge is -2.17. The summed E-state index contributed by atoms with van der Waals surface area (Å²) in [6.45, 7) is 0. The Hall–Kier alpha value is -1.54. The third-order valence-corrected chi connectivity index (χ3v) is 3.32. The number of nitrogens with zero attached hydrogens (tertiary/aromatic N) is 2. The van der Waals surface area contributed by atoms with Crippen LogP contribution in [0.2, 0.25) is 0 Å². The fourth-order valence-corrected chi connectivity index (χ4v) is 1.78. The molecule has 0 radical (unpaired) electrons. The molecule has 5 heteroatoms. The summed E-state index contributed by atoms with van der Waals surface area (Å²) in [7, 11) is -2.06. The average Bonchev–Trinajstić information content (AvgIpc) is 2.18. The van der Waals surface area contributed by atoms with Gasteiger partial charge in [-0.05, 0) is 12.1 Å². The first-order valence-electron chi connectivity index (χ1n) is 3.96. The second-order valence-electron chi connectivity index (χ2n) is 2.72. The van der Waals surface area contributed by atoms with Gasteiger partial charge in [0.15, 0.2) is 5.75 Å². The van der Waals surface area contributed by atoms with Crippen LogP contribution < -0.4 is 4.31 Å². The molecule has 0 aliphatic rings. The maximum absolute atomic E-state index is 11.4. The highest BCUT2D eigenvalue weighted by Crippen LogP contribution is 2.14. The number of sulfonamides is 1. The minimum absolute atomic E-state index is 0.502. The van der Waals surface area contributed by atoms with E-state index in [1.54, 1.807) is 36.4 Å². The van der Waals surface area contributed by atoms with Crippen molar-refractivity contribution in [3.63, 3.8) is 0 Å². The van der Waals surface area contributed by atoms with E-state index in [4.69, 9.17) is 5.26 Å². The first kappa shape index (κ1) is 10.5. The van der Waals surface area contributed by atoms with Gasteiger partial charge in [-0.3, -0.25) is 4.31 Å². The predicted molar refractivity (Wildman–Crippen MR) is 54.2 cm³/mol. The number of hydrogen-bond donors (Lipinski definition) is 0. The Morgan fingerprint density at radius 3 is 2.43 bits per heavy atom. The number of para-hydroxylation sites is 1. The van der Waals surface area contributed by atoms with E-state index in [-0.39, 0.29) is 0 Å². The monoisotopic (exact) mass is 210 g/mol. The molecule has 14 heavy (non-hydrogen) atoms. The quantitative estimate of drug-likeness (QED) is 0.747. The zero-order valence-corrected chi connectivity index (χ0v) is 8.53. The number of rotatable bonds is 3. The fraction of sp³-hybridized carbons (Fsp3) is 0.222. The van der Waals surface area contributed by atoms with E-state index in [0.717, 1.165) is 4.31 Å². The number of hydrogen-bond acceptors (Lipinski definition) is 3. The second-order valence-corrected chi connectivity index (χ2v) is 4.72. The zero-order valence-electron chi connectivity index (χ0n) is 7.71. The van der Waals surface area contributed by atoms with Crippen LogP contribution >= 0.6 is 0 Å². The molecule has 0 saturated heterocycles. The molecule has 1 aromatic rings. The Balaban J connectivity index is 2.98. The lowest BCUT2D eigenvalue weighted by Crippen LogP contribution is -2.28. The van der Waals surface area contributed by atoms with Crippen LogP contribution in [0, 0.1) is 11.3 Å². The van der Waals surface area contributed by atoms with Crippen LogP contribution in [-0.4, -0.2) is 21.2 Å². The average molecular weight is 210 g/mol. The summed E-state index contributed by atoms with van der Waals surface area (Å²) >= 11 is 0. The number of benzene rings is 1. The normalized spacial score (nSPS) is 10.6. The third kappa shape index (κ3) is 2.24. The van der Waals surface area contributed by atoms with Crippen molar-refractivity contribution < 1.29 is 8.42 Å². The first-order valence-corrected chi connectivity index (χ1v) is 5.57. The van der Waals surface area contributed by atoms with Gasteiger partial charge >= 0.3 is 0 Å². The molecule has 0 fully saturated rings. The molecule has 0 amide bonds. The molecule has 4 nitrogen and oxygen atoms in total. The maximum atomic E-state index is 11.4. The van der Waals surface area contributed by atoms with Gasteiger partial charge in [0, 0.05) is 7.05 Å². The Labute approximate surface area is 83.4 Å². The minimum Gasteiger partial charge on any atom is -0.272 e. The van der Waals surface area contributed by atoms with Crippen molar-refractivity contribution in [2.75, 3.05) is 17.1 Å². The van der Waals surface area contributed by atoms with Crippen LogP contribution in [0.5, 0.6) is 0 Å². The lowest BCUT2D eigenvalue weighted by atomic mass is 10.3. The fourth-order valence-electron chi connectivity index (χ4n) is 0.977. The van der Waals surface area contributed by atoms with E-state index >= 15 is 0 Å². The van der Waals surface area contributed by atoms with Crippen molar-refractivity contribution in [3.8, 4) is 6.07 Å². The van der Waals surface area contributed by atoms with Crippen molar-refractivity contribution >= 4 is 15.7 Å². The Kier molecular flexibility index (Phi) is 3.10. The summed E-state index contributed by atoms with van der Waals surface area (Å²) in [6.07, 6.45) is 0. The summed E-state index contributed by atoms with van der Waals surface area (Å²) < 4.78 is 24.0. The molecule has 0 unspecified atom stereocenters. The molecule has 0 aliphatic heterocycles. The molecule has 0 bridgehead atoms. The van der Waals surface area contributed by atoms with Crippen molar-refractivity contribution in [1.82, 2.24) is 0 Å². The Morgan fingerprint density at radius 2 is 1.93 bits per heavy atom. The van der Waals surface area contributed by atoms with Gasteiger partial charge in [0.05, 0.1) is 11.8 Å². The number of anilines is 1. The van der Waals surface area contributed by atoms with Gasteiger partial charge in [-0.25, -0.2) is 8.42 Å². The van der Waals surface area contributed by atoms with Gasteiger partial charge in [-0.1, -0.05) is 18.2 Å². The van der Waals surface area contributed by atoms with Crippen LogP contribution in [0.4, 0.5) is 5.69 Å². The van der Waals surface area contributed by atoms with Crippen LogP contribution in [0.3, 0.4) is 0 Å². The van der Waals surface area contributed by atoms with E-state index in [2.05, 4.69) is 0 Å². The van der Waals surface area contributed by atoms with Crippen molar-refractivity contribution in [3.05, 3.63) is 30.3 Å². The summed E-state index contributed by atoms with van der Waals surface area (Å²) in [4.78, 5) is 0. The molecule has 0 N–H and O–H groups in total. The predicted octanol–water partition coefficient (Wildman–Crippen LogP) is 0.976. The van der Waals surface area contributed by atoms with Crippen LogP contribution in [-0.2, 0) is 10.0 Å². The van der Waals surface area contributed by atoms with Crippen molar-refractivity contribution in [2.24, 2.45) is 0 Å². The highest BCUT2D eigenvalue weighted by molar-refractivity contribution is 7.92. The molecular weight excluding hydrogens is 200 g/mol. The van der Waals surface area contributed by atoms with Gasteiger partial charge in [-0.15, -0.1) is 0 Å². The molecule has 1 rings (SSSR count). The summed E-state index contributed by atoms with van der Waals surface area (Å²) in [5.41, 5.74) is 0.558. The lowest BCUT2D eigenvalue weighted by molar-refractivity contribution is 0.597. The highest BCUT2D eigenvalue weighted by Gasteiger charge is 2.16. The molecule has 0 saturated carbocycles. The smallest absolute Gasteiger partial charge is 0.248 e. The van der Waals surface area contributed by atoms with E-state index in [1.165, 1.54) is 7.05 Å². The largest absolute Gasteiger partial charge is 0.272 e. The van der Waals surface area contributed by atoms with E-state index in [1.807, 2.05) is 0 Å². The summed E-state index contributed by atoms with van der Waals surface area (Å²) in [6, 6.07) is 10.3. The Morgan fingerprint density at radius 1 is 1.36 bits per heavy atom.